The van der Waals surface area contributed by atoms with Crippen molar-refractivity contribution in [3.63, 3.8) is 0 Å². The van der Waals surface area contributed by atoms with Crippen LogP contribution >= 0.6 is 0 Å². The standard InChI is InChI=1S/C20H23N3O2/c1-14-8-9-18(25-14)19-16(12-22-23-19)11-21-13-20(24)10-4-6-15-5-2-3-7-17(15)20/h2-3,5,7-9,12,21,24H,4,6,10-11,13H2,1H3,(H,22,23). The number of furan rings is 1. The average molecular weight is 337 g/mol. The van der Waals surface area contributed by atoms with Crippen molar-refractivity contribution in [1.29, 1.82) is 0 Å². The Bertz CT molecular complexity index is 867. The SMILES string of the molecule is Cc1ccc(-c2[nH]ncc2CNCC2(O)CCCc3ccccc32)o1. The molecular formula is C20H23N3O2. The van der Waals surface area contributed by atoms with Crippen LogP contribution in [0, 0.1) is 6.92 Å². The molecule has 5 nitrogen and oxygen atoms in total. The molecule has 0 radical (unpaired) electrons. The van der Waals surface area contributed by atoms with Gasteiger partial charge in [-0.15, -0.1) is 0 Å². The van der Waals surface area contributed by atoms with Crippen molar-refractivity contribution in [1.82, 2.24) is 15.5 Å². The van der Waals surface area contributed by atoms with E-state index in [4.69, 9.17) is 4.42 Å². The Balaban J connectivity index is 1.46. The first-order chi connectivity index (χ1) is 12.2. The number of aryl methyl sites for hydroxylation is 2. The highest BCUT2D eigenvalue weighted by Gasteiger charge is 2.33. The molecule has 4 rings (SSSR count). The lowest BCUT2D eigenvalue weighted by atomic mass is 9.79. The second kappa shape index (κ2) is 6.50. The highest BCUT2D eigenvalue weighted by atomic mass is 16.3. The van der Waals surface area contributed by atoms with E-state index in [1.165, 1.54) is 5.56 Å². The zero-order chi connectivity index (χ0) is 17.3. The summed E-state index contributed by atoms with van der Waals surface area (Å²) in [6.07, 6.45) is 4.64. The Morgan fingerprint density at radius 1 is 1.28 bits per heavy atom. The lowest BCUT2D eigenvalue weighted by Crippen LogP contribution is -2.40. The van der Waals surface area contributed by atoms with Gasteiger partial charge in [0.1, 0.15) is 17.1 Å². The van der Waals surface area contributed by atoms with Gasteiger partial charge in [0.05, 0.1) is 6.20 Å². The van der Waals surface area contributed by atoms with Crippen molar-refractivity contribution in [2.75, 3.05) is 6.54 Å². The fraction of sp³-hybridized carbons (Fsp3) is 0.350. The monoisotopic (exact) mass is 337 g/mol. The van der Waals surface area contributed by atoms with Crippen molar-refractivity contribution in [2.24, 2.45) is 0 Å². The normalized spacial score (nSPS) is 19.8. The summed E-state index contributed by atoms with van der Waals surface area (Å²) in [6, 6.07) is 12.1. The summed E-state index contributed by atoms with van der Waals surface area (Å²) in [5.74, 6) is 1.66. The molecule has 0 saturated carbocycles. The number of H-pyrrole nitrogens is 1. The molecule has 1 aliphatic rings. The summed E-state index contributed by atoms with van der Waals surface area (Å²) in [7, 11) is 0. The lowest BCUT2D eigenvalue weighted by Gasteiger charge is -2.34. The quantitative estimate of drug-likeness (QED) is 0.668. The van der Waals surface area contributed by atoms with E-state index in [-0.39, 0.29) is 0 Å². The van der Waals surface area contributed by atoms with Gasteiger partial charge in [0.2, 0.25) is 0 Å². The van der Waals surface area contributed by atoms with Gasteiger partial charge >= 0.3 is 0 Å². The molecule has 0 saturated heterocycles. The minimum atomic E-state index is -0.806. The third kappa shape index (κ3) is 3.13. The van der Waals surface area contributed by atoms with Crippen LogP contribution in [0.4, 0.5) is 0 Å². The number of nitrogens with zero attached hydrogens (tertiary/aromatic N) is 1. The van der Waals surface area contributed by atoms with E-state index in [0.717, 1.165) is 47.6 Å². The average Bonchev–Trinajstić information content (AvgIpc) is 3.24. The van der Waals surface area contributed by atoms with Gasteiger partial charge in [-0.25, -0.2) is 0 Å². The molecule has 130 valence electrons. The third-order valence-corrected chi connectivity index (χ3v) is 4.99. The molecule has 1 atom stereocenters. The molecule has 3 N–H and O–H groups in total. The van der Waals surface area contributed by atoms with Crippen LogP contribution in [-0.2, 0) is 18.6 Å². The molecule has 1 aromatic carbocycles. The predicted molar refractivity (Wildman–Crippen MR) is 96.0 cm³/mol. The highest BCUT2D eigenvalue weighted by molar-refractivity contribution is 5.56. The Morgan fingerprint density at radius 2 is 2.16 bits per heavy atom. The number of aliphatic hydroxyl groups is 1. The Kier molecular flexibility index (Phi) is 4.19. The number of aromatic nitrogens is 2. The van der Waals surface area contributed by atoms with Crippen LogP contribution in [0.15, 0.2) is 47.0 Å². The molecule has 0 spiro atoms. The molecule has 0 amide bonds. The summed E-state index contributed by atoms with van der Waals surface area (Å²) < 4.78 is 5.68. The molecule has 0 fully saturated rings. The van der Waals surface area contributed by atoms with Gasteiger partial charge in [-0.2, -0.15) is 5.10 Å². The summed E-state index contributed by atoms with van der Waals surface area (Å²) in [4.78, 5) is 0. The van der Waals surface area contributed by atoms with E-state index in [2.05, 4.69) is 21.6 Å². The number of rotatable bonds is 5. The summed E-state index contributed by atoms with van der Waals surface area (Å²) in [5, 5.41) is 21.7. The van der Waals surface area contributed by atoms with Crippen molar-refractivity contribution < 1.29 is 9.52 Å². The van der Waals surface area contributed by atoms with Crippen molar-refractivity contribution >= 4 is 0 Å². The smallest absolute Gasteiger partial charge is 0.152 e. The van der Waals surface area contributed by atoms with Crippen LogP contribution in [0.1, 0.15) is 35.3 Å². The van der Waals surface area contributed by atoms with Gasteiger partial charge < -0.3 is 14.8 Å². The van der Waals surface area contributed by atoms with Crippen LogP contribution < -0.4 is 5.32 Å². The van der Waals surface area contributed by atoms with E-state index < -0.39 is 5.60 Å². The summed E-state index contributed by atoms with van der Waals surface area (Å²) >= 11 is 0. The zero-order valence-electron chi connectivity index (χ0n) is 14.4. The molecule has 25 heavy (non-hydrogen) atoms. The Morgan fingerprint density at radius 3 is 3.00 bits per heavy atom. The van der Waals surface area contributed by atoms with E-state index in [0.29, 0.717) is 13.1 Å². The minimum Gasteiger partial charge on any atom is -0.460 e. The first-order valence-corrected chi connectivity index (χ1v) is 8.76. The van der Waals surface area contributed by atoms with Gasteiger partial charge in [-0.1, -0.05) is 24.3 Å². The Labute approximate surface area is 147 Å². The molecule has 1 unspecified atom stereocenters. The predicted octanol–water partition coefficient (Wildman–Crippen LogP) is 3.29. The van der Waals surface area contributed by atoms with E-state index >= 15 is 0 Å². The maximum atomic E-state index is 11.1. The molecule has 0 aliphatic heterocycles. The van der Waals surface area contributed by atoms with Crippen molar-refractivity contribution in [3.8, 4) is 11.5 Å². The number of benzene rings is 1. The van der Waals surface area contributed by atoms with Gasteiger partial charge in [-0.3, -0.25) is 5.10 Å². The first-order valence-electron chi connectivity index (χ1n) is 8.76. The van der Waals surface area contributed by atoms with Crippen LogP contribution in [0.25, 0.3) is 11.5 Å². The van der Waals surface area contributed by atoms with E-state index in [9.17, 15) is 5.11 Å². The summed E-state index contributed by atoms with van der Waals surface area (Å²) in [6.45, 7) is 3.07. The van der Waals surface area contributed by atoms with Crippen molar-refractivity contribution in [3.05, 3.63) is 65.0 Å². The molecule has 2 aromatic heterocycles. The number of aromatic amines is 1. The van der Waals surface area contributed by atoms with Crippen LogP contribution in [0.3, 0.4) is 0 Å². The number of hydrogen-bond acceptors (Lipinski definition) is 4. The minimum absolute atomic E-state index is 0.520. The molecular weight excluding hydrogens is 314 g/mol. The molecule has 0 bridgehead atoms. The number of nitrogens with one attached hydrogen (secondary N) is 2. The zero-order valence-corrected chi connectivity index (χ0v) is 14.4. The lowest BCUT2D eigenvalue weighted by molar-refractivity contribution is 0.0189. The van der Waals surface area contributed by atoms with Gasteiger partial charge in [0.25, 0.3) is 0 Å². The molecule has 2 heterocycles. The molecule has 1 aliphatic carbocycles. The summed E-state index contributed by atoms with van der Waals surface area (Å²) in [5.41, 5.74) is 3.43. The van der Waals surface area contributed by atoms with Crippen LogP contribution in [0.2, 0.25) is 0 Å². The Hall–Kier alpha value is -2.37. The second-order valence-corrected chi connectivity index (χ2v) is 6.83. The fourth-order valence-corrected chi connectivity index (χ4v) is 3.71. The maximum Gasteiger partial charge on any atom is 0.152 e. The van der Waals surface area contributed by atoms with Gasteiger partial charge in [-0.05, 0) is 49.4 Å². The molecule has 3 aromatic rings. The first kappa shape index (κ1) is 16.1. The second-order valence-electron chi connectivity index (χ2n) is 6.83. The van der Waals surface area contributed by atoms with Crippen LogP contribution in [-0.4, -0.2) is 21.8 Å². The van der Waals surface area contributed by atoms with Gasteiger partial charge in [0, 0.05) is 18.7 Å². The fourth-order valence-electron chi connectivity index (χ4n) is 3.71. The van der Waals surface area contributed by atoms with E-state index in [1.54, 1.807) is 6.20 Å². The number of fused-ring (bicyclic) bond motifs is 1. The topological polar surface area (TPSA) is 74.1 Å². The van der Waals surface area contributed by atoms with Crippen molar-refractivity contribution in [2.45, 2.75) is 38.3 Å². The van der Waals surface area contributed by atoms with E-state index in [1.807, 2.05) is 37.3 Å². The number of hydrogen-bond donors (Lipinski definition) is 3. The van der Waals surface area contributed by atoms with Crippen LogP contribution in [0.5, 0.6) is 0 Å². The third-order valence-electron chi connectivity index (χ3n) is 4.99. The maximum absolute atomic E-state index is 11.1. The molecule has 5 heteroatoms. The highest BCUT2D eigenvalue weighted by Crippen LogP contribution is 2.34. The van der Waals surface area contributed by atoms with Gasteiger partial charge in [0.15, 0.2) is 5.76 Å². The largest absolute Gasteiger partial charge is 0.460 e.